The molecule has 78 valence electrons. The molecular formula is C15H13N. The molecule has 0 aliphatic carbocycles. The Morgan fingerprint density at radius 3 is 2.19 bits per heavy atom. The summed E-state index contributed by atoms with van der Waals surface area (Å²) in [6, 6.07) is 20.3. The Balaban J connectivity index is 2.47. The molecule has 2 aromatic carbocycles. The van der Waals surface area contributed by atoms with Gasteiger partial charge in [0.2, 0.25) is 0 Å². The van der Waals surface area contributed by atoms with Gasteiger partial charge in [-0.25, -0.2) is 0 Å². The summed E-state index contributed by atoms with van der Waals surface area (Å²) in [5.74, 6) is -0.164. The Kier molecular flexibility index (Phi) is 3.03. The Labute approximate surface area is 96.0 Å². The highest BCUT2D eigenvalue weighted by Gasteiger charge is 2.14. The number of hydrogen-bond donors (Lipinski definition) is 0. The van der Waals surface area contributed by atoms with E-state index >= 15 is 0 Å². The van der Waals surface area contributed by atoms with Gasteiger partial charge in [0.25, 0.3) is 0 Å². The summed E-state index contributed by atoms with van der Waals surface area (Å²) in [7, 11) is 0. The molecule has 0 spiro atoms. The second kappa shape index (κ2) is 4.63. The molecule has 0 bridgehead atoms. The van der Waals surface area contributed by atoms with Gasteiger partial charge in [0, 0.05) is 0 Å². The maximum atomic E-state index is 9.31. The standard InChI is InChI=1S/C15H13N/c1-12-7-5-6-10-14(12)15(11-16)13-8-3-2-4-9-13/h2-10,15H,1H3. The monoisotopic (exact) mass is 207 g/mol. The van der Waals surface area contributed by atoms with E-state index in [1.54, 1.807) is 0 Å². The van der Waals surface area contributed by atoms with E-state index in [1.807, 2.05) is 61.5 Å². The second-order valence-corrected chi connectivity index (χ2v) is 3.83. The first-order valence-corrected chi connectivity index (χ1v) is 5.33. The highest BCUT2D eigenvalue weighted by molar-refractivity contribution is 5.41. The van der Waals surface area contributed by atoms with Crippen LogP contribution in [-0.4, -0.2) is 0 Å². The van der Waals surface area contributed by atoms with E-state index in [2.05, 4.69) is 6.07 Å². The van der Waals surface area contributed by atoms with Gasteiger partial charge in [-0.05, 0) is 23.6 Å². The molecule has 2 rings (SSSR count). The van der Waals surface area contributed by atoms with Crippen molar-refractivity contribution in [2.75, 3.05) is 0 Å². The summed E-state index contributed by atoms with van der Waals surface area (Å²) in [6.07, 6.45) is 0. The number of aryl methyl sites for hydroxylation is 1. The van der Waals surface area contributed by atoms with Gasteiger partial charge in [-0.1, -0.05) is 54.6 Å². The van der Waals surface area contributed by atoms with Crippen LogP contribution in [0.3, 0.4) is 0 Å². The number of nitriles is 1. The molecule has 2 aromatic rings. The molecule has 0 aliphatic heterocycles. The fourth-order valence-electron chi connectivity index (χ4n) is 1.88. The van der Waals surface area contributed by atoms with Crippen LogP contribution in [0.5, 0.6) is 0 Å². The topological polar surface area (TPSA) is 23.8 Å². The number of nitrogens with zero attached hydrogens (tertiary/aromatic N) is 1. The minimum atomic E-state index is -0.164. The van der Waals surface area contributed by atoms with Gasteiger partial charge >= 0.3 is 0 Å². The molecule has 0 radical (unpaired) electrons. The molecule has 0 saturated heterocycles. The van der Waals surface area contributed by atoms with Gasteiger partial charge in [-0.15, -0.1) is 0 Å². The molecule has 1 nitrogen and oxygen atoms in total. The zero-order valence-corrected chi connectivity index (χ0v) is 9.22. The lowest BCUT2D eigenvalue weighted by molar-refractivity contribution is 1.02. The van der Waals surface area contributed by atoms with E-state index in [1.165, 1.54) is 0 Å². The van der Waals surface area contributed by atoms with Crippen molar-refractivity contribution < 1.29 is 0 Å². The maximum absolute atomic E-state index is 9.31. The van der Waals surface area contributed by atoms with Gasteiger partial charge in [-0.2, -0.15) is 5.26 Å². The molecule has 0 aliphatic rings. The van der Waals surface area contributed by atoms with E-state index in [9.17, 15) is 5.26 Å². The summed E-state index contributed by atoms with van der Waals surface area (Å²) in [6.45, 7) is 2.04. The van der Waals surface area contributed by atoms with Crippen molar-refractivity contribution in [1.29, 1.82) is 5.26 Å². The smallest absolute Gasteiger partial charge is 0.0965 e. The first kappa shape index (κ1) is 10.4. The fraction of sp³-hybridized carbons (Fsp3) is 0.133. The quantitative estimate of drug-likeness (QED) is 0.737. The van der Waals surface area contributed by atoms with Crippen LogP contribution in [0, 0.1) is 18.3 Å². The zero-order valence-electron chi connectivity index (χ0n) is 9.22. The Morgan fingerprint density at radius 2 is 1.56 bits per heavy atom. The summed E-state index contributed by atoms with van der Waals surface area (Å²) >= 11 is 0. The Hall–Kier alpha value is -2.07. The number of hydrogen-bond acceptors (Lipinski definition) is 1. The Bertz CT molecular complexity index is 508. The highest BCUT2D eigenvalue weighted by atomic mass is 14.3. The van der Waals surface area contributed by atoms with Crippen LogP contribution in [0.15, 0.2) is 54.6 Å². The molecule has 0 amide bonds. The lowest BCUT2D eigenvalue weighted by Crippen LogP contribution is -2.00. The van der Waals surface area contributed by atoms with Gasteiger partial charge in [-0.3, -0.25) is 0 Å². The van der Waals surface area contributed by atoms with E-state index in [0.29, 0.717) is 0 Å². The molecule has 1 unspecified atom stereocenters. The van der Waals surface area contributed by atoms with Crippen LogP contribution in [-0.2, 0) is 0 Å². The van der Waals surface area contributed by atoms with Crippen LogP contribution in [0.1, 0.15) is 22.6 Å². The van der Waals surface area contributed by atoms with Crippen molar-refractivity contribution in [3.8, 4) is 6.07 Å². The minimum absolute atomic E-state index is 0.164. The molecule has 0 aromatic heterocycles. The summed E-state index contributed by atoms with van der Waals surface area (Å²) < 4.78 is 0. The van der Waals surface area contributed by atoms with Crippen molar-refractivity contribution in [3.63, 3.8) is 0 Å². The van der Waals surface area contributed by atoms with Gasteiger partial charge in [0.15, 0.2) is 0 Å². The summed E-state index contributed by atoms with van der Waals surface area (Å²) in [5.41, 5.74) is 3.31. The predicted octanol–water partition coefficient (Wildman–Crippen LogP) is 3.65. The third-order valence-corrected chi connectivity index (χ3v) is 2.76. The number of rotatable bonds is 2. The van der Waals surface area contributed by atoms with Crippen molar-refractivity contribution in [1.82, 2.24) is 0 Å². The van der Waals surface area contributed by atoms with Crippen LogP contribution in [0.2, 0.25) is 0 Å². The average molecular weight is 207 g/mol. The van der Waals surface area contributed by atoms with Gasteiger partial charge < -0.3 is 0 Å². The van der Waals surface area contributed by atoms with Crippen molar-refractivity contribution >= 4 is 0 Å². The predicted molar refractivity (Wildman–Crippen MR) is 65.1 cm³/mol. The lowest BCUT2D eigenvalue weighted by atomic mass is 9.90. The molecule has 0 heterocycles. The van der Waals surface area contributed by atoms with Crippen LogP contribution in [0.25, 0.3) is 0 Å². The normalized spacial score (nSPS) is 11.8. The Morgan fingerprint density at radius 1 is 0.938 bits per heavy atom. The van der Waals surface area contributed by atoms with Crippen LogP contribution in [0.4, 0.5) is 0 Å². The van der Waals surface area contributed by atoms with Crippen LogP contribution >= 0.6 is 0 Å². The molecule has 1 heteroatoms. The molecule has 0 fully saturated rings. The summed E-state index contributed by atoms with van der Waals surface area (Å²) in [5, 5.41) is 9.31. The van der Waals surface area contributed by atoms with Crippen LogP contribution < -0.4 is 0 Å². The van der Waals surface area contributed by atoms with Gasteiger partial charge in [0.1, 0.15) is 0 Å². The van der Waals surface area contributed by atoms with Gasteiger partial charge in [0.05, 0.1) is 12.0 Å². The maximum Gasteiger partial charge on any atom is 0.0965 e. The number of benzene rings is 2. The van der Waals surface area contributed by atoms with Crippen molar-refractivity contribution in [2.24, 2.45) is 0 Å². The first-order chi connectivity index (χ1) is 7.83. The molecule has 0 N–H and O–H groups in total. The molecule has 0 saturated carbocycles. The average Bonchev–Trinajstić information content (AvgIpc) is 2.34. The van der Waals surface area contributed by atoms with E-state index in [-0.39, 0.29) is 5.92 Å². The zero-order chi connectivity index (χ0) is 11.4. The third-order valence-electron chi connectivity index (χ3n) is 2.76. The lowest BCUT2D eigenvalue weighted by Gasteiger charge is -2.12. The van der Waals surface area contributed by atoms with Crippen molar-refractivity contribution in [2.45, 2.75) is 12.8 Å². The fourth-order valence-corrected chi connectivity index (χ4v) is 1.88. The molecular weight excluding hydrogens is 194 g/mol. The first-order valence-electron chi connectivity index (χ1n) is 5.33. The van der Waals surface area contributed by atoms with E-state index in [0.717, 1.165) is 16.7 Å². The second-order valence-electron chi connectivity index (χ2n) is 3.83. The molecule has 1 atom stereocenters. The van der Waals surface area contributed by atoms with E-state index in [4.69, 9.17) is 0 Å². The highest BCUT2D eigenvalue weighted by Crippen LogP contribution is 2.25. The van der Waals surface area contributed by atoms with E-state index < -0.39 is 0 Å². The van der Waals surface area contributed by atoms with Crippen molar-refractivity contribution in [3.05, 3.63) is 71.3 Å². The third kappa shape index (κ3) is 1.97. The SMILES string of the molecule is Cc1ccccc1C(C#N)c1ccccc1. The largest absolute Gasteiger partial charge is 0.197 e. The minimum Gasteiger partial charge on any atom is -0.197 e. The molecule has 16 heavy (non-hydrogen) atoms. The summed E-state index contributed by atoms with van der Waals surface area (Å²) in [4.78, 5) is 0.